The number of carbonyl (C=O) groups is 1. The summed E-state index contributed by atoms with van der Waals surface area (Å²) in [5, 5.41) is 2.84. The van der Waals surface area contributed by atoms with Crippen molar-refractivity contribution in [1.29, 1.82) is 0 Å². The number of carbonyl (C=O) groups excluding carboxylic acids is 1. The van der Waals surface area contributed by atoms with Crippen LogP contribution in [0.15, 0.2) is 48.5 Å². The molecular formula is C21H26FNO2. The van der Waals surface area contributed by atoms with Gasteiger partial charge in [-0.15, -0.1) is 0 Å². The van der Waals surface area contributed by atoms with Crippen molar-refractivity contribution in [1.82, 2.24) is 5.32 Å². The number of amides is 1. The Kier molecular flexibility index (Phi) is 6.18. The predicted octanol–water partition coefficient (Wildman–Crippen LogP) is 4.25. The highest BCUT2D eigenvalue weighted by Gasteiger charge is 2.16. The molecule has 3 nitrogen and oxygen atoms in total. The number of halogens is 1. The van der Waals surface area contributed by atoms with Crippen molar-refractivity contribution < 1.29 is 13.9 Å². The van der Waals surface area contributed by atoms with E-state index in [0.717, 1.165) is 5.56 Å². The lowest BCUT2D eigenvalue weighted by Gasteiger charge is -2.20. The summed E-state index contributed by atoms with van der Waals surface area (Å²) in [7, 11) is 0. The van der Waals surface area contributed by atoms with Gasteiger partial charge < -0.3 is 10.1 Å². The van der Waals surface area contributed by atoms with Gasteiger partial charge in [0.1, 0.15) is 11.6 Å². The number of ether oxygens (including phenoxy) is 1. The molecule has 2 aromatic rings. The Bertz CT molecular complexity index is 687. The molecule has 1 atom stereocenters. The zero-order valence-electron chi connectivity index (χ0n) is 15.3. The molecule has 0 saturated heterocycles. The van der Waals surface area contributed by atoms with Crippen LogP contribution in [0.5, 0.6) is 5.75 Å². The topological polar surface area (TPSA) is 38.3 Å². The second-order valence-electron chi connectivity index (χ2n) is 7.20. The van der Waals surface area contributed by atoms with E-state index in [0.29, 0.717) is 18.7 Å². The van der Waals surface area contributed by atoms with Gasteiger partial charge in [0.15, 0.2) is 6.10 Å². The van der Waals surface area contributed by atoms with E-state index in [9.17, 15) is 9.18 Å². The normalized spacial score (nSPS) is 12.5. The molecule has 0 fully saturated rings. The van der Waals surface area contributed by atoms with Crippen molar-refractivity contribution >= 4 is 5.91 Å². The van der Waals surface area contributed by atoms with Crippen LogP contribution in [-0.4, -0.2) is 18.6 Å². The number of rotatable bonds is 6. The molecule has 25 heavy (non-hydrogen) atoms. The first-order valence-electron chi connectivity index (χ1n) is 8.55. The molecule has 0 radical (unpaired) electrons. The fourth-order valence-corrected chi connectivity index (χ4v) is 2.42. The summed E-state index contributed by atoms with van der Waals surface area (Å²) < 4.78 is 18.6. The third-order valence-corrected chi connectivity index (χ3v) is 4.03. The van der Waals surface area contributed by atoms with Crippen molar-refractivity contribution in [3.8, 4) is 5.75 Å². The third-order valence-electron chi connectivity index (χ3n) is 4.03. The van der Waals surface area contributed by atoms with Crippen molar-refractivity contribution in [2.24, 2.45) is 0 Å². The highest BCUT2D eigenvalue weighted by atomic mass is 19.1. The Hall–Kier alpha value is -2.36. The average molecular weight is 343 g/mol. The zero-order chi connectivity index (χ0) is 18.4. The maximum atomic E-state index is 12.9. The van der Waals surface area contributed by atoms with Crippen LogP contribution >= 0.6 is 0 Å². The molecule has 0 bridgehead atoms. The first-order chi connectivity index (χ1) is 11.8. The lowest BCUT2D eigenvalue weighted by atomic mass is 9.87. The highest BCUT2D eigenvalue weighted by Crippen LogP contribution is 2.24. The molecule has 2 rings (SSSR count). The molecule has 1 N–H and O–H groups in total. The van der Waals surface area contributed by atoms with Gasteiger partial charge in [-0.2, -0.15) is 0 Å². The van der Waals surface area contributed by atoms with Gasteiger partial charge in [0.2, 0.25) is 0 Å². The van der Waals surface area contributed by atoms with Crippen LogP contribution in [0.4, 0.5) is 4.39 Å². The molecule has 0 unspecified atom stereocenters. The molecule has 134 valence electrons. The number of hydrogen-bond acceptors (Lipinski definition) is 2. The Morgan fingerprint density at radius 1 is 1.08 bits per heavy atom. The minimum absolute atomic E-state index is 0.0852. The SMILES string of the molecule is C[C@@H](Oc1ccc(C(C)(C)C)cc1)C(=O)NCCc1ccc(F)cc1. The zero-order valence-corrected chi connectivity index (χ0v) is 15.3. The van der Waals surface area contributed by atoms with Gasteiger partial charge >= 0.3 is 0 Å². The molecule has 4 heteroatoms. The Morgan fingerprint density at radius 3 is 2.24 bits per heavy atom. The fraction of sp³-hybridized carbons (Fsp3) is 0.381. The van der Waals surface area contributed by atoms with Crippen LogP contribution in [0, 0.1) is 5.82 Å². The average Bonchev–Trinajstić information content (AvgIpc) is 2.56. The van der Waals surface area contributed by atoms with Crippen molar-refractivity contribution in [2.45, 2.75) is 45.6 Å². The standard InChI is InChI=1S/C21H26FNO2/c1-15(25-19-11-7-17(8-12-19)21(2,3)4)20(24)23-14-13-16-5-9-18(22)10-6-16/h5-12,15H,13-14H2,1-4H3,(H,23,24)/t15-/m1/s1. The summed E-state index contributed by atoms with van der Waals surface area (Å²) >= 11 is 0. The second kappa shape index (κ2) is 8.15. The van der Waals surface area contributed by atoms with Gasteiger partial charge in [-0.3, -0.25) is 4.79 Å². The van der Waals surface area contributed by atoms with Crippen LogP contribution in [-0.2, 0) is 16.6 Å². The molecular weight excluding hydrogens is 317 g/mol. The molecule has 0 aromatic heterocycles. The quantitative estimate of drug-likeness (QED) is 0.851. The monoisotopic (exact) mass is 343 g/mol. The van der Waals surface area contributed by atoms with E-state index in [1.807, 2.05) is 24.3 Å². The van der Waals surface area contributed by atoms with Crippen LogP contribution in [0.2, 0.25) is 0 Å². The first-order valence-corrected chi connectivity index (χ1v) is 8.55. The van der Waals surface area contributed by atoms with Gasteiger partial charge in [-0.1, -0.05) is 45.0 Å². The van der Waals surface area contributed by atoms with Gasteiger partial charge in [0.25, 0.3) is 5.91 Å². The van der Waals surface area contributed by atoms with E-state index >= 15 is 0 Å². The maximum Gasteiger partial charge on any atom is 0.260 e. The summed E-state index contributed by atoms with van der Waals surface area (Å²) in [6.45, 7) is 8.67. The van der Waals surface area contributed by atoms with E-state index in [4.69, 9.17) is 4.74 Å². The van der Waals surface area contributed by atoms with Crippen molar-refractivity contribution in [2.75, 3.05) is 6.54 Å². The van der Waals surface area contributed by atoms with E-state index in [1.54, 1.807) is 19.1 Å². The molecule has 0 aliphatic heterocycles. The lowest BCUT2D eigenvalue weighted by Crippen LogP contribution is -2.37. The summed E-state index contributed by atoms with van der Waals surface area (Å²) in [6, 6.07) is 14.1. The largest absolute Gasteiger partial charge is 0.481 e. The molecule has 0 aliphatic rings. The van der Waals surface area contributed by atoms with Crippen LogP contribution < -0.4 is 10.1 Å². The lowest BCUT2D eigenvalue weighted by molar-refractivity contribution is -0.127. The highest BCUT2D eigenvalue weighted by molar-refractivity contribution is 5.80. The van der Waals surface area contributed by atoms with Gasteiger partial charge in [0.05, 0.1) is 0 Å². The van der Waals surface area contributed by atoms with Crippen molar-refractivity contribution in [3.63, 3.8) is 0 Å². The fourth-order valence-electron chi connectivity index (χ4n) is 2.42. The number of hydrogen-bond donors (Lipinski definition) is 1. The molecule has 1 amide bonds. The molecule has 0 spiro atoms. The molecule has 0 aliphatic carbocycles. The molecule has 0 saturated carbocycles. The Balaban J connectivity index is 1.80. The van der Waals surface area contributed by atoms with E-state index < -0.39 is 6.10 Å². The number of benzene rings is 2. The molecule has 0 heterocycles. The number of nitrogens with one attached hydrogen (secondary N) is 1. The maximum absolute atomic E-state index is 12.9. The van der Waals surface area contributed by atoms with Gasteiger partial charge in [-0.05, 0) is 54.2 Å². The van der Waals surface area contributed by atoms with Gasteiger partial charge in [-0.25, -0.2) is 4.39 Å². The Labute approximate surface area is 149 Å². The third kappa shape index (κ3) is 5.89. The first kappa shape index (κ1) is 19.0. The molecule has 2 aromatic carbocycles. The summed E-state index contributed by atoms with van der Waals surface area (Å²) in [4.78, 5) is 12.1. The summed E-state index contributed by atoms with van der Waals surface area (Å²) in [5.74, 6) is 0.253. The van der Waals surface area contributed by atoms with E-state index in [-0.39, 0.29) is 17.1 Å². The van der Waals surface area contributed by atoms with Gasteiger partial charge in [0, 0.05) is 6.54 Å². The van der Waals surface area contributed by atoms with Crippen LogP contribution in [0.25, 0.3) is 0 Å². The van der Waals surface area contributed by atoms with Crippen LogP contribution in [0.3, 0.4) is 0 Å². The van der Waals surface area contributed by atoms with Crippen molar-refractivity contribution in [3.05, 3.63) is 65.5 Å². The smallest absolute Gasteiger partial charge is 0.260 e. The van der Waals surface area contributed by atoms with E-state index in [1.165, 1.54) is 17.7 Å². The minimum atomic E-state index is -0.575. The Morgan fingerprint density at radius 2 is 1.68 bits per heavy atom. The second-order valence-corrected chi connectivity index (χ2v) is 7.20. The summed E-state index contributed by atoms with van der Waals surface area (Å²) in [6.07, 6.45) is 0.0765. The van der Waals surface area contributed by atoms with Crippen LogP contribution in [0.1, 0.15) is 38.8 Å². The summed E-state index contributed by atoms with van der Waals surface area (Å²) in [5.41, 5.74) is 2.28. The minimum Gasteiger partial charge on any atom is -0.481 e. The van der Waals surface area contributed by atoms with E-state index in [2.05, 4.69) is 26.1 Å². The predicted molar refractivity (Wildman–Crippen MR) is 98.3 cm³/mol.